The van der Waals surface area contributed by atoms with Crippen LogP contribution in [0, 0.1) is 0 Å². The standard InChI is InChI=1S/2C8H17NO2.2CH4O3S/c2*1-5-6-11-8(10)7(2)9(3)4;2*1-5(2,3)4/h2*7H,5-6H2,1-4H3;2*1H3,(H,2,3,4). The number of nitrogens with zero attached hydrogens (tertiary/aromatic N) is 2. The van der Waals surface area contributed by atoms with Gasteiger partial charge in [-0.25, -0.2) is 0 Å². The number of carbonyl (C=O) groups excluding carboxylic acids is 2. The molecule has 32 heavy (non-hydrogen) atoms. The molecule has 2 unspecified atom stereocenters. The molecule has 12 nitrogen and oxygen atoms in total. The molecule has 0 amide bonds. The van der Waals surface area contributed by atoms with Crippen LogP contribution in [0.1, 0.15) is 40.5 Å². The Morgan fingerprint density at radius 3 is 1.03 bits per heavy atom. The average Bonchev–Trinajstić information content (AvgIpc) is 2.60. The Morgan fingerprint density at radius 2 is 0.906 bits per heavy atom. The summed E-state index contributed by atoms with van der Waals surface area (Å²) in [5, 5.41) is 0. The quantitative estimate of drug-likeness (QED) is 0.348. The minimum Gasteiger partial charge on any atom is -0.465 e. The predicted octanol–water partition coefficient (Wildman–Crippen LogP) is 0.787. The van der Waals surface area contributed by atoms with Crippen LogP contribution in [-0.4, -0.2) is 114 Å². The van der Waals surface area contributed by atoms with Gasteiger partial charge in [0.15, 0.2) is 0 Å². The lowest BCUT2D eigenvalue weighted by Crippen LogP contribution is -2.34. The van der Waals surface area contributed by atoms with Gasteiger partial charge < -0.3 is 9.47 Å². The van der Waals surface area contributed by atoms with Gasteiger partial charge in [-0.15, -0.1) is 0 Å². The van der Waals surface area contributed by atoms with Gasteiger partial charge in [0.1, 0.15) is 12.1 Å². The van der Waals surface area contributed by atoms with E-state index in [4.69, 9.17) is 18.6 Å². The van der Waals surface area contributed by atoms with E-state index in [1.807, 2.05) is 65.7 Å². The Kier molecular flexibility index (Phi) is 24.1. The molecule has 0 saturated carbocycles. The van der Waals surface area contributed by atoms with Gasteiger partial charge in [-0.05, 0) is 54.9 Å². The molecular weight excluding hydrogens is 468 g/mol. The fourth-order valence-corrected chi connectivity index (χ4v) is 1.07. The van der Waals surface area contributed by atoms with Crippen molar-refractivity contribution < 1.29 is 45.0 Å². The fourth-order valence-electron chi connectivity index (χ4n) is 1.07. The fraction of sp³-hybridized carbons (Fsp3) is 0.889. The third-order valence-electron chi connectivity index (χ3n) is 3.13. The predicted molar refractivity (Wildman–Crippen MR) is 124 cm³/mol. The molecular formula is C18H42N2O10S2. The molecule has 0 fully saturated rings. The first kappa shape index (κ1) is 38.0. The summed E-state index contributed by atoms with van der Waals surface area (Å²) >= 11 is 0. The summed E-state index contributed by atoms with van der Waals surface area (Å²) in [4.78, 5) is 25.8. The lowest BCUT2D eigenvalue weighted by Gasteiger charge is -2.17. The third-order valence-corrected chi connectivity index (χ3v) is 3.13. The smallest absolute Gasteiger partial charge is 0.323 e. The molecule has 0 aliphatic carbocycles. The van der Waals surface area contributed by atoms with E-state index in [9.17, 15) is 26.4 Å². The highest BCUT2D eigenvalue weighted by Crippen LogP contribution is 1.96. The SMILES string of the molecule is CCCOC(=O)C(C)N(C)C.CCCOC(=O)C(C)N(C)C.CS(=O)(=O)O.CS(=O)(=O)O. The van der Waals surface area contributed by atoms with E-state index in [0.717, 1.165) is 12.8 Å². The summed E-state index contributed by atoms with van der Waals surface area (Å²) in [6.45, 7) is 8.67. The van der Waals surface area contributed by atoms with E-state index in [0.29, 0.717) is 25.7 Å². The highest BCUT2D eigenvalue weighted by Gasteiger charge is 2.16. The molecule has 0 bridgehead atoms. The van der Waals surface area contributed by atoms with E-state index in [1.165, 1.54) is 0 Å². The highest BCUT2D eigenvalue weighted by molar-refractivity contribution is 7.85. The second-order valence-electron chi connectivity index (χ2n) is 7.08. The van der Waals surface area contributed by atoms with Crippen molar-refractivity contribution in [2.24, 2.45) is 0 Å². The summed E-state index contributed by atoms with van der Waals surface area (Å²) in [5.41, 5.74) is 0. The molecule has 196 valence electrons. The number of ether oxygens (including phenoxy) is 2. The largest absolute Gasteiger partial charge is 0.465 e. The maximum Gasteiger partial charge on any atom is 0.323 e. The normalized spacial score (nSPS) is 12.7. The molecule has 0 saturated heterocycles. The first-order valence-electron chi connectivity index (χ1n) is 9.69. The molecule has 0 heterocycles. The van der Waals surface area contributed by atoms with Gasteiger partial charge in [0.2, 0.25) is 0 Å². The molecule has 0 aliphatic rings. The number of esters is 2. The van der Waals surface area contributed by atoms with Crippen LogP contribution in [0.4, 0.5) is 0 Å². The van der Waals surface area contributed by atoms with Crippen LogP contribution in [0.3, 0.4) is 0 Å². The zero-order valence-electron chi connectivity index (χ0n) is 20.9. The summed E-state index contributed by atoms with van der Waals surface area (Å²) in [6.07, 6.45) is 3.19. The Balaban J connectivity index is -0.000000175. The second kappa shape index (κ2) is 20.3. The van der Waals surface area contributed by atoms with Gasteiger partial charge in [0, 0.05) is 0 Å². The molecule has 0 aromatic rings. The van der Waals surface area contributed by atoms with Crippen LogP contribution in [0.15, 0.2) is 0 Å². The van der Waals surface area contributed by atoms with Gasteiger partial charge >= 0.3 is 11.9 Å². The molecule has 0 aromatic carbocycles. The van der Waals surface area contributed by atoms with Gasteiger partial charge in [0.05, 0.1) is 25.7 Å². The molecule has 2 atom stereocenters. The van der Waals surface area contributed by atoms with Gasteiger partial charge in [-0.2, -0.15) is 16.8 Å². The zero-order chi connectivity index (χ0) is 26.7. The summed E-state index contributed by atoms with van der Waals surface area (Å²) < 4.78 is 61.6. The molecule has 0 aromatic heterocycles. The van der Waals surface area contributed by atoms with Gasteiger partial charge in [-0.1, -0.05) is 13.8 Å². The minimum absolute atomic E-state index is 0.137. The Bertz CT molecular complexity index is 617. The van der Waals surface area contributed by atoms with Crippen molar-refractivity contribution in [3.63, 3.8) is 0 Å². The monoisotopic (exact) mass is 510 g/mol. The lowest BCUT2D eigenvalue weighted by atomic mass is 10.3. The topological polar surface area (TPSA) is 168 Å². The number of rotatable bonds is 8. The van der Waals surface area contributed by atoms with E-state index < -0.39 is 20.2 Å². The van der Waals surface area contributed by atoms with E-state index in [2.05, 4.69) is 0 Å². The van der Waals surface area contributed by atoms with Crippen molar-refractivity contribution in [3.8, 4) is 0 Å². The van der Waals surface area contributed by atoms with Crippen molar-refractivity contribution in [2.45, 2.75) is 52.6 Å². The molecule has 0 aliphatic heterocycles. The van der Waals surface area contributed by atoms with E-state index >= 15 is 0 Å². The molecule has 2 N–H and O–H groups in total. The van der Waals surface area contributed by atoms with Crippen molar-refractivity contribution >= 4 is 32.2 Å². The number of hydrogen-bond donors (Lipinski definition) is 2. The lowest BCUT2D eigenvalue weighted by molar-refractivity contribution is -0.149. The van der Waals surface area contributed by atoms with Crippen molar-refractivity contribution in [2.75, 3.05) is 53.9 Å². The van der Waals surface area contributed by atoms with Gasteiger partial charge in [0.25, 0.3) is 20.2 Å². The average molecular weight is 511 g/mol. The number of hydrogen-bond acceptors (Lipinski definition) is 10. The second-order valence-corrected chi connectivity index (χ2v) is 10.0. The number of carbonyl (C=O) groups is 2. The van der Waals surface area contributed by atoms with Crippen molar-refractivity contribution in [1.29, 1.82) is 0 Å². The molecule has 0 spiro atoms. The van der Waals surface area contributed by atoms with Crippen LogP contribution in [-0.2, 0) is 39.3 Å². The molecule has 0 rings (SSSR count). The van der Waals surface area contributed by atoms with Crippen molar-refractivity contribution in [1.82, 2.24) is 9.80 Å². The summed E-state index contributed by atoms with van der Waals surface area (Å²) in [7, 11) is 0.103. The Hall–Kier alpha value is -1.32. The van der Waals surface area contributed by atoms with Gasteiger partial charge in [-0.3, -0.25) is 28.5 Å². The molecule has 14 heteroatoms. The number of likely N-dealkylation sites (N-methyl/N-ethyl adjacent to an activating group) is 2. The minimum atomic E-state index is -3.67. The first-order chi connectivity index (χ1) is 14.2. The third kappa shape index (κ3) is 42.7. The Morgan fingerprint density at radius 1 is 0.719 bits per heavy atom. The van der Waals surface area contributed by atoms with Crippen LogP contribution in [0.2, 0.25) is 0 Å². The van der Waals surface area contributed by atoms with E-state index in [1.54, 1.807) is 0 Å². The van der Waals surface area contributed by atoms with Crippen LogP contribution >= 0.6 is 0 Å². The van der Waals surface area contributed by atoms with Crippen molar-refractivity contribution in [3.05, 3.63) is 0 Å². The highest BCUT2D eigenvalue weighted by atomic mass is 32.2. The maximum absolute atomic E-state index is 11.1. The van der Waals surface area contributed by atoms with Crippen LogP contribution in [0.5, 0.6) is 0 Å². The molecule has 0 radical (unpaired) electrons. The Labute approximate surface area is 193 Å². The first-order valence-corrected chi connectivity index (χ1v) is 13.4. The van der Waals surface area contributed by atoms with Crippen LogP contribution in [0.25, 0.3) is 0 Å². The maximum atomic E-state index is 11.1. The van der Waals surface area contributed by atoms with E-state index in [-0.39, 0.29) is 24.0 Å². The summed E-state index contributed by atoms with van der Waals surface area (Å²) in [5.74, 6) is -0.284. The zero-order valence-corrected chi connectivity index (χ0v) is 22.5. The van der Waals surface area contributed by atoms with Crippen LogP contribution < -0.4 is 0 Å². The summed E-state index contributed by atoms with van der Waals surface area (Å²) in [6, 6.07) is -0.275.